The molecule has 10 nitrogen and oxygen atoms in total. The predicted molar refractivity (Wildman–Crippen MR) is 129 cm³/mol. The first kappa shape index (κ1) is 27.4. The van der Waals surface area contributed by atoms with Crippen LogP contribution in [0.3, 0.4) is 0 Å². The van der Waals surface area contributed by atoms with E-state index in [0.717, 1.165) is 6.92 Å². The lowest BCUT2D eigenvalue weighted by Crippen LogP contribution is -2.58. The lowest BCUT2D eigenvalue weighted by atomic mass is 9.74. The molecule has 0 aromatic heterocycles. The van der Waals surface area contributed by atoms with E-state index in [4.69, 9.17) is 23.7 Å². The Kier molecular flexibility index (Phi) is 8.00. The molecule has 196 valence electrons. The Morgan fingerprint density at radius 3 is 2.30 bits per heavy atom. The summed E-state index contributed by atoms with van der Waals surface area (Å²) in [5.41, 5.74) is -1.24. The van der Waals surface area contributed by atoms with Crippen molar-refractivity contribution in [2.75, 3.05) is 6.61 Å². The molecule has 37 heavy (non-hydrogen) atoms. The minimum Gasteiger partial charge on any atom is -0.493 e. The first-order valence-electron chi connectivity index (χ1n) is 11.5. The molecule has 0 saturated heterocycles. The van der Waals surface area contributed by atoms with Crippen LogP contribution in [-0.4, -0.2) is 48.0 Å². The van der Waals surface area contributed by atoms with Gasteiger partial charge in [-0.15, -0.1) is 0 Å². The van der Waals surface area contributed by atoms with Crippen molar-refractivity contribution in [1.82, 2.24) is 0 Å². The van der Waals surface area contributed by atoms with E-state index >= 15 is 0 Å². The largest absolute Gasteiger partial charge is 0.493 e. The molecule has 0 amide bonds. The van der Waals surface area contributed by atoms with Gasteiger partial charge in [0.15, 0.2) is 6.10 Å². The lowest BCUT2D eigenvalue weighted by molar-refractivity contribution is -0.175. The molecule has 10 heteroatoms. The van der Waals surface area contributed by atoms with Crippen LogP contribution < -0.4 is 9.47 Å². The van der Waals surface area contributed by atoms with E-state index in [-0.39, 0.29) is 29.2 Å². The summed E-state index contributed by atoms with van der Waals surface area (Å²) in [6.45, 7) is 8.29. The quantitative estimate of drug-likeness (QED) is 0.413. The van der Waals surface area contributed by atoms with Crippen molar-refractivity contribution in [1.29, 1.82) is 0 Å². The first-order chi connectivity index (χ1) is 17.3. The molecule has 0 spiro atoms. The normalized spacial score (nSPS) is 22.7. The Morgan fingerprint density at radius 1 is 1.03 bits per heavy atom. The summed E-state index contributed by atoms with van der Waals surface area (Å²) in [5.74, 6) is -3.85. The van der Waals surface area contributed by atoms with Gasteiger partial charge in [0.1, 0.15) is 22.8 Å². The molecule has 3 rings (SSSR count). The van der Waals surface area contributed by atoms with Crippen molar-refractivity contribution >= 4 is 29.7 Å². The maximum atomic E-state index is 13.5. The van der Waals surface area contributed by atoms with Crippen LogP contribution in [0.1, 0.15) is 50.5 Å². The summed E-state index contributed by atoms with van der Waals surface area (Å²) in [6, 6.07) is 2.58. The maximum absolute atomic E-state index is 13.5. The fourth-order valence-electron chi connectivity index (χ4n) is 4.26. The zero-order valence-electron chi connectivity index (χ0n) is 21.4. The van der Waals surface area contributed by atoms with Crippen LogP contribution in [0.5, 0.6) is 11.5 Å². The second-order valence-electron chi connectivity index (χ2n) is 8.80. The highest BCUT2D eigenvalue weighted by Gasteiger charge is 2.55. The Labute approximate surface area is 213 Å². The van der Waals surface area contributed by atoms with Gasteiger partial charge in [0.25, 0.3) is 0 Å². The van der Waals surface area contributed by atoms with Crippen molar-refractivity contribution in [3.8, 4) is 11.5 Å². The van der Waals surface area contributed by atoms with E-state index in [9.17, 15) is 24.0 Å². The fourth-order valence-corrected chi connectivity index (χ4v) is 4.26. The van der Waals surface area contributed by atoms with E-state index in [0.29, 0.717) is 11.3 Å². The van der Waals surface area contributed by atoms with E-state index in [1.807, 2.05) is 6.92 Å². The minimum absolute atomic E-state index is 0.0474. The third-order valence-electron chi connectivity index (χ3n) is 5.78. The summed E-state index contributed by atoms with van der Waals surface area (Å²) >= 11 is 0. The fraction of sp³-hybridized carbons (Fsp3) is 0.370. The highest BCUT2D eigenvalue weighted by Crippen LogP contribution is 2.40. The number of ketones is 1. The Morgan fingerprint density at radius 2 is 1.70 bits per heavy atom. The van der Waals surface area contributed by atoms with Gasteiger partial charge < -0.3 is 23.7 Å². The van der Waals surface area contributed by atoms with Crippen LogP contribution in [0.25, 0.3) is 0 Å². The number of esters is 4. The molecule has 1 heterocycles. The molecule has 1 aromatic carbocycles. The lowest BCUT2D eigenvalue weighted by Gasteiger charge is -2.43. The second-order valence-corrected chi connectivity index (χ2v) is 8.80. The minimum atomic E-state index is -1.92. The average molecular weight is 513 g/mol. The van der Waals surface area contributed by atoms with Gasteiger partial charge in [-0.3, -0.25) is 19.2 Å². The standard InChI is InChI=1S/C27H28O10/c1-7-8-19-10-18-11-23(31)27(6,25(36-17(5)30)21(18)13-33-19)37-26(32)24-14(2)9-20(34-15(3)28)12-22(24)35-16(4)29/h7-12,21,25H,13H2,1-6H3. The van der Waals surface area contributed by atoms with Crippen LogP contribution in [0, 0.1) is 12.8 Å². The van der Waals surface area contributed by atoms with Gasteiger partial charge in [-0.1, -0.05) is 6.08 Å². The smallest absolute Gasteiger partial charge is 0.343 e. The van der Waals surface area contributed by atoms with Crippen LogP contribution >= 0.6 is 0 Å². The number of benzene rings is 1. The molecular weight excluding hydrogens is 484 g/mol. The Balaban J connectivity index is 2.05. The van der Waals surface area contributed by atoms with Crippen molar-refractivity contribution in [3.05, 3.63) is 58.9 Å². The maximum Gasteiger partial charge on any atom is 0.343 e. The highest BCUT2D eigenvalue weighted by molar-refractivity contribution is 6.03. The number of fused-ring (bicyclic) bond motifs is 1. The molecule has 0 radical (unpaired) electrons. The van der Waals surface area contributed by atoms with Crippen molar-refractivity contribution < 1.29 is 47.7 Å². The number of allylic oxidation sites excluding steroid dienone is 3. The second kappa shape index (κ2) is 10.8. The van der Waals surface area contributed by atoms with Gasteiger partial charge >= 0.3 is 23.9 Å². The SMILES string of the molecule is CC=CC1=CC2=CC(=O)C(C)(OC(=O)c3c(C)cc(OC(C)=O)cc3OC(C)=O)C(OC(C)=O)C2CO1. The first-order valence-corrected chi connectivity index (χ1v) is 11.5. The van der Waals surface area contributed by atoms with Crippen molar-refractivity contribution in [2.24, 2.45) is 5.92 Å². The number of carbonyl (C=O) groups is 5. The Bertz CT molecular complexity index is 1250. The zero-order chi connectivity index (χ0) is 27.5. The molecule has 0 bridgehead atoms. The molecule has 1 aromatic rings. The molecule has 2 aliphatic rings. The summed E-state index contributed by atoms with van der Waals surface area (Å²) in [5, 5.41) is 0. The molecule has 3 atom stereocenters. The van der Waals surface area contributed by atoms with E-state index in [2.05, 4.69) is 0 Å². The number of rotatable bonds is 6. The molecular formula is C27H28O10. The van der Waals surface area contributed by atoms with Gasteiger partial charge in [-0.05, 0) is 56.2 Å². The van der Waals surface area contributed by atoms with E-state index in [1.165, 1.54) is 45.9 Å². The molecule has 0 fully saturated rings. The van der Waals surface area contributed by atoms with Crippen LogP contribution in [0.2, 0.25) is 0 Å². The third-order valence-corrected chi connectivity index (χ3v) is 5.78. The van der Waals surface area contributed by atoms with E-state index in [1.54, 1.807) is 18.2 Å². The molecule has 1 aliphatic heterocycles. The Hall–Kier alpha value is -4.21. The summed E-state index contributed by atoms with van der Waals surface area (Å²) in [4.78, 5) is 61.9. The number of aryl methyl sites for hydroxylation is 1. The zero-order valence-corrected chi connectivity index (χ0v) is 21.4. The summed E-state index contributed by atoms with van der Waals surface area (Å²) in [6.07, 6.45) is 5.33. The molecule has 3 unspecified atom stereocenters. The number of hydrogen-bond acceptors (Lipinski definition) is 10. The van der Waals surface area contributed by atoms with Crippen LogP contribution in [0.4, 0.5) is 0 Å². The predicted octanol–water partition coefficient (Wildman–Crippen LogP) is 3.31. The molecule has 1 aliphatic carbocycles. The highest BCUT2D eigenvalue weighted by atomic mass is 16.6. The number of carbonyl (C=O) groups excluding carboxylic acids is 5. The van der Waals surface area contributed by atoms with Gasteiger partial charge in [0.2, 0.25) is 11.4 Å². The van der Waals surface area contributed by atoms with Crippen LogP contribution in [-0.2, 0) is 33.4 Å². The van der Waals surface area contributed by atoms with Crippen molar-refractivity contribution in [3.63, 3.8) is 0 Å². The topological polar surface area (TPSA) is 132 Å². The average Bonchev–Trinajstić information content (AvgIpc) is 2.76. The van der Waals surface area contributed by atoms with Gasteiger partial charge in [0.05, 0.1) is 12.5 Å². The molecule has 0 N–H and O–H groups in total. The third kappa shape index (κ3) is 5.96. The number of hydrogen-bond donors (Lipinski definition) is 0. The van der Waals surface area contributed by atoms with Crippen molar-refractivity contribution in [2.45, 2.75) is 53.2 Å². The van der Waals surface area contributed by atoms with Crippen LogP contribution in [0.15, 0.2) is 47.8 Å². The van der Waals surface area contributed by atoms with Gasteiger partial charge in [-0.2, -0.15) is 0 Å². The molecule has 0 saturated carbocycles. The van der Waals surface area contributed by atoms with E-state index < -0.39 is 47.3 Å². The van der Waals surface area contributed by atoms with Gasteiger partial charge in [-0.25, -0.2) is 4.79 Å². The number of ether oxygens (including phenoxy) is 5. The monoisotopic (exact) mass is 512 g/mol. The summed E-state index contributed by atoms with van der Waals surface area (Å²) in [7, 11) is 0. The van der Waals surface area contributed by atoms with Gasteiger partial charge in [0, 0.05) is 26.8 Å². The summed E-state index contributed by atoms with van der Waals surface area (Å²) < 4.78 is 27.2.